The zero-order valence-corrected chi connectivity index (χ0v) is 61.4. The van der Waals surface area contributed by atoms with Crippen molar-refractivity contribution in [3.05, 3.63) is 24.3 Å². The topological polar surface area (TPSA) is 108 Å². The predicted octanol–water partition coefficient (Wildman–Crippen LogP) is 26.0. The lowest BCUT2D eigenvalue weighted by Crippen LogP contribution is -2.37. The number of likely N-dealkylation sites (N-methyl/N-ethyl adjacent to an activating group) is 1. The highest BCUT2D eigenvalue weighted by atomic mass is 31.2. The monoisotopic (exact) mass is 1280 g/mol. The lowest BCUT2D eigenvalue weighted by molar-refractivity contribution is -0.870. The molecule has 9 nitrogen and oxygen atoms in total. The van der Waals surface area contributed by atoms with Crippen molar-refractivity contribution in [1.29, 1.82) is 0 Å². The molecule has 0 fully saturated rings. The zero-order valence-electron chi connectivity index (χ0n) is 60.5. The van der Waals surface area contributed by atoms with Crippen LogP contribution in [0.3, 0.4) is 0 Å². The van der Waals surface area contributed by atoms with Crippen LogP contribution in [0.2, 0.25) is 0 Å². The normalized spacial score (nSPS) is 13.1. The number of unbranched alkanes of at least 4 members (excludes halogenated alkanes) is 57. The number of hydrogen-bond donors (Lipinski definition) is 1. The van der Waals surface area contributed by atoms with Gasteiger partial charge in [0.05, 0.1) is 27.7 Å². The average Bonchev–Trinajstić information content (AvgIpc) is 3.60. The Bertz CT molecular complexity index is 1550. The highest BCUT2D eigenvalue weighted by Gasteiger charge is 2.27. The smallest absolute Gasteiger partial charge is 0.462 e. The Morgan fingerprint density at radius 2 is 0.607 bits per heavy atom. The standard InChI is InChI=1S/C79H154NO8P/c1-6-8-10-12-14-16-18-20-22-24-26-28-30-32-34-35-36-37-38-39-40-41-42-43-44-46-47-49-51-53-55-57-59-61-63-65-67-69-71-78(81)85-75-77(76-87-89(83,84)86-74-73-80(3,4)5)88-79(82)72-70-68-66-64-62-60-58-56-54-52-50-48-45-33-31-29-27-25-23-21-19-17-15-13-11-9-7-2/h19,21,25,27,77H,6-18,20,22-24,26,28-76H2,1-5H3/p+1/b21-19-,27-25-. The molecule has 528 valence electrons. The van der Waals surface area contributed by atoms with Crippen molar-refractivity contribution < 1.29 is 42.1 Å². The molecule has 0 radical (unpaired) electrons. The first-order chi connectivity index (χ1) is 43.5. The van der Waals surface area contributed by atoms with Gasteiger partial charge in [-0.1, -0.05) is 385 Å². The Hall–Kier alpha value is -1.51. The van der Waals surface area contributed by atoms with Gasteiger partial charge in [0.2, 0.25) is 0 Å². The molecule has 0 aliphatic carbocycles. The molecule has 0 spiro atoms. The summed E-state index contributed by atoms with van der Waals surface area (Å²) in [6.07, 6.45) is 90.5. The lowest BCUT2D eigenvalue weighted by Gasteiger charge is -2.24. The van der Waals surface area contributed by atoms with E-state index in [-0.39, 0.29) is 25.6 Å². The zero-order chi connectivity index (χ0) is 64.8. The number of esters is 2. The van der Waals surface area contributed by atoms with E-state index in [2.05, 4.69) is 38.2 Å². The summed E-state index contributed by atoms with van der Waals surface area (Å²) in [4.78, 5) is 35.9. The van der Waals surface area contributed by atoms with Crippen molar-refractivity contribution in [3.8, 4) is 0 Å². The van der Waals surface area contributed by atoms with E-state index < -0.39 is 26.5 Å². The van der Waals surface area contributed by atoms with Crippen molar-refractivity contribution in [2.24, 2.45) is 0 Å². The maximum atomic E-state index is 12.9. The quantitative estimate of drug-likeness (QED) is 0.0211. The van der Waals surface area contributed by atoms with Gasteiger partial charge in [-0.15, -0.1) is 0 Å². The summed E-state index contributed by atoms with van der Waals surface area (Å²) in [5.74, 6) is -0.772. The molecule has 0 saturated heterocycles. The van der Waals surface area contributed by atoms with Gasteiger partial charge in [-0.05, 0) is 44.9 Å². The summed E-state index contributed by atoms with van der Waals surface area (Å²) in [6.45, 7) is 4.51. The summed E-state index contributed by atoms with van der Waals surface area (Å²) >= 11 is 0. The van der Waals surface area contributed by atoms with Crippen molar-refractivity contribution in [2.75, 3.05) is 47.5 Å². The summed E-state index contributed by atoms with van der Waals surface area (Å²) in [5, 5.41) is 0. The van der Waals surface area contributed by atoms with Gasteiger partial charge in [-0.3, -0.25) is 18.6 Å². The van der Waals surface area contributed by atoms with Gasteiger partial charge in [0.25, 0.3) is 0 Å². The number of carbonyl (C=O) groups is 2. The highest BCUT2D eigenvalue weighted by Crippen LogP contribution is 2.43. The third-order valence-electron chi connectivity index (χ3n) is 18.2. The third kappa shape index (κ3) is 75.4. The van der Waals surface area contributed by atoms with Crippen LogP contribution in [-0.4, -0.2) is 74.9 Å². The second-order valence-corrected chi connectivity index (χ2v) is 29.9. The van der Waals surface area contributed by atoms with Gasteiger partial charge in [0, 0.05) is 12.8 Å². The van der Waals surface area contributed by atoms with Gasteiger partial charge >= 0.3 is 19.8 Å². The Morgan fingerprint density at radius 1 is 0.348 bits per heavy atom. The highest BCUT2D eigenvalue weighted by molar-refractivity contribution is 7.47. The Kier molecular flexibility index (Phi) is 69.6. The van der Waals surface area contributed by atoms with Crippen molar-refractivity contribution in [2.45, 2.75) is 424 Å². The summed E-state index contributed by atoms with van der Waals surface area (Å²) in [5.41, 5.74) is 0. The molecule has 2 unspecified atom stereocenters. The summed E-state index contributed by atoms with van der Waals surface area (Å²) in [7, 11) is 1.50. The van der Waals surface area contributed by atoms with E-state index in [1.807, 2.05) is 21.1 Å². The molecule has 10 heteroatoms. The molecule has 0 aliphatic heterocycles. The fourth-order valence-corrected chi connectivity index (χ4v) is 12.9. The van der Waals surface area contributed by atoms with Crippen LogP contribution in [0.5, 0.6) is 0 Å². The molecular weight excluding hydrogens is 1120 g/mol. The van der Waals surface area contributed by atoms with E-state index in [1.54, 1.807) is 0 Å². The molecule has 0 aromatic heterocycles. The molecule has 0 bridgehead atoms. The van der Waals surface area contributed by atoms with E-state index in [1.165, 1.54) is 347 Å². The van der Waals surface area contributed by atoms with Crippen LogP contribution in [0.15, 0.2) is 24.3 Å². The number of hydrogen-bond acceptors (Lipinski definition) is 7. The largest absolute Gasteiger partial charge is 0.472 e. The van der Waals surface area contributed by atoms with Gasteiger partial charge in [-0.25, -0.2) is 4.57 Å². The van der Waals surface area contributed by atoms with Gasteiger partial charge in [0.15, 0.2) is 6.10 Å². The first kappa shape index (κ1) is 87.5. The minimum atomic E-state index is -4.39. The lowest BCUT2D eigenvalue weighted by atomic mass is 10.0. The number of ether oxygens (including phenoxy) is 2. The van der Waals surface area contributed by atoms with E-state index in [4.69, 9.17) is 18.5 Å². The van der Waals surface area contributed by atoms with E-state index >= 15 is 0 Å². The first-order valence-corrected chi connectivity index (χ1v) is 41.1. The number of phosphoric ester groups is 1. The summed E-state index contributed by atoms with van der Waals surface area (Å²) < 4.78 is 34.8. The molecule has 0 aromatic carbocycles. The van der Waals surface area contributed by atoms with Crippen LogP contribution < -0.4 is 0 Å². The minimum absolute atomic E-state index is 0.0353. The molecule has 1 N–H and O–H groups in total. The number of nitrogens with zero attached hydrogens (tertiary/aromatic N) is 1. The molecule has 0 rings (SSSR count). The second kappa shape index (κ2) is 70.8. The molecule has 0 aliphatic rings. The Labute approximate surface area is 555 Å². The van der Waals surface area contributed by atoms with Crippen molar-refractivity contribution in [3.63, 3.8) is 0 Å². The fraction of sp³-hybridized carbons (Fsp3) is 0.924. The SMILES string of the molecule is CCCCCCC/C=C\C/C=C\CCCCCCCCCCCCCCCCCC(=O)OC(COC(=O)CCCCCCCCCCCCCCCCCCCCCCCCCCCCCCCCCCCCCCCC)COP(=O)(O)OCC[N+](C)(C)C. The molecule has 89 heavy (non-hydrogen) atoms. The summed E-state index contributed by atoms with van der Waals surface area (Å²) in [6, 6.07) is 0. The molecule has 0 saturated carbocycles. The minimum Gasteiger partial charge on any atom is -0.462 e. The molecule has 2 atom stereocenters. The average molecular weight is 1280 g/mol. The van der Waals surface area contributed by atoms with Crippen LogP contribution in [0.4, 0.5) is 0 Å². The van der Waals surface area contributed by atoms with Gasteiger partial charge < -0.3 is 18.9 Å². The molecule has 0 amide bonds. The van der Waals surface area contributed by atoms with Crippen LogP contribution in [0, 0.1) is 0 Å². The Balaban J connectivity index is 3.88. The van der Waals surface area contributed by atoms with Crippen molar-refractivity contribution in [1.82, 2.24) is 0 Å². The number of phosphoric acid groups is 1. The first-order valence-electron chi connectivity index (χ1n) is 39.6. The van der Waals surface area contributed by atoms with Crippen LogP contribution in [0.25, 0.3) is 0 Å². The van der Waals surface area contributed by atoms with Crippen LogP contribution >= 0.6 is 7.82 Å². The molecular formula is C79H155NO8P+. The molecule has 0 aromatic rings. The second-order valence-electron chi connectivity index (χ2n) is 28.5. The third-order valence-corrected chi connectivity index (χ3v) is 19.2. The number of quaternary nitrogens is 1. The predicted molar refractivity (Wildman–Crippen MR) is 386 cm³/mol. The van der Waals surface area contributed by atoms with Gasteiger partial charge in [-0.2, -0.15) is 0 Å². The van der Waals surface area contributed by atoms with E-state index in [0.29, 0.717) is 23.9 Å². The number of allylic oxidation sites excluding steroid dienone is 4. The fourth-order valence-electron chi connectivity index (χ4n) is 12.2. The number of rotatable bonds is 75. The van der Waals surface area contributed by atoms with Gasteiger partial charge in [0.1, 0.15) is 19.8 Å². The molecule has 0 heterocycles. The maximum absolute atomic E-state index is 12.9. The van der Waals surface area contributed by atoms with E-state index in [9.17, 15) is 19.0 Å². The number of carbonyl (C=O) groups excluding carboxylic acids is 2. The van der Waals surface area contributed by atoms with Crippen LogP contribution in [0.1, 0.15) is 418 Å². The van der Waals surface area contributed by atoms with E-state index in [0.717, 1.165) is 38.5 Å². The Morgan fingerprint density at radius 3 is 0.888 bits per heavy atom. The maximum Gasteiger partial charge on any atom is 0.472 e. The van der Waals surface area contributed by atoms with Crippen LogP contribution in [-0.2, 0) is 32.7 Å². The van der Waals surface area contributed by atoms with Crippen molar-refractivity contribution >= 4 is 19.8 Å².